The highest BCUT2D eigenvalue weighted by Gasteiger charge is 2.33. The number of nitrogens with zero attached hydrogens (tertiary/aromatic N) is 3. The lowest BCUT2D eigenvalue weighted by Crippen LogP contribution is -2.28. The van der Waals surface area contributed by atoms with E-state index >= 15 is 0 Å². The summed E-state index contributed by atoms with van der Waals surface area (Å²) in [6.07, 6.45) is 2.73. The topological polar surface area (TPSA) is 55.2 Å². The first kappa shape index (κ1) is 18.6. The van der Waals surface area contributed by atoms with Gasteiger partial charge in [-0.1, -0.05) is 18.2 Å². The molecule has 0 spiro atoms. The van der Waals surface area contributed by atoms with Crippen LogP contribution in [-0.2, 0) is 10.0 Å². The molecule has 0 unspecified atom stereocenters. The molecule has 3 aromatic rings. The number of rotatable bonds is 4. The predicted octanol–water partition coefficient (Wildman–Crippen LogP) is 4.05. The zero-order valence-corrected chi connectivity index (χ0v) is 16.0. The maximum absolute atomic E-state index is 14.4. The number of aryl methyl sites for hydroxylation is 1. The number of halogens is 2. The maximum Gasteiger partial charge on any atom is 0.285 e. The second-order valence-electron chi connectivity index (χ2n) is 6.82. The van der Waals surface area contributed by atoms with Crippen molar-refractivity contribution in [3.05, 3.63) is 77.5 Å². The second-order valence-corrected chi connectivity index (χ2v) is 8.56. The van der Waals surface area contributed by atoms with Crippen molar-refractivity contribution in [1.29, 1.82) is 0 Å². The van der Waals surface area contributed by atoms with Crippen molar-refractivity contribution in [3.63, 3.8) is 0 Å². The van der Waals surface area contributed by atoms with E-state index in [1.807, 2.05) is 0 Å². The zero-order chi connectivity index (χ0) is 19.9. The van der Waals surface area contributed by atoms with E-state index in [1.54, 1.807) is 36.1 Å². The van der Waals surface area contributed by atoms with Crippen molar-refractivity contribution >= 4 is 15.8 Å². The molecule has 1 aliphatic heterocycles. The van der Waals surface area contributed by atoms with Crippen LogP contribution in [0.5, 0.6) is 0 Å². The van der Waals surface area contributed by atoms with Gasteiger partial charge < -0.3 is 4.90 Å². The molecule has 2 heterocycles. The van der Waals surface area contributed by atoms with Gasteiger partial charge in [-0.25, -0.2) is 8.78 Å². The predicted molar refractivity (Wildman–Crippen MR) is 102 cm³/mol. The molecule has 1 aliphatic rings. The molecule has 1 atom stereocenters. The highest BCUT2D eigenvalue weighted by atomic mass is 32.2. The molecule has 4 rings (SSSR count). The van der Waals surface area contributed by atoms with Gasteiger partial charge >= 0.3 is 0 Å². The zero-order valence-electron chi connectivity index (χ0n) is 15.2. The summed E-state index contributed by atoms with van der Waals surface area (Å²) >= 11 is 0. The van der Waals surface area contributed by atoms with E-state index in [-0.39, 0.29) is 10.5 Å². The molecule has 0 N–H and O–H groups in total. The highest BCUT2D eigenvalue weighted by molar-refractivity contribution is 7.90. The van der Waals surface area contributed by atoms with Crippen LogP contribution in [0, 0.1) is 18.6 Å². The van der Waals surface area contributed by atoms with E-state index in [4.69, 9.17) is 0 Å². The van der Waals surface area contributed by atoms with Crippen molar-refractivity contribution in [1.82, 2.24) is 9.19 Å². The van der Waals surface area contributed by atoms with E-state index in [0.717, 1.165) is 22.6 Å². The minimum Gasteiger partial charge on any atom is -0.349 e. The minimum atomic E-state index is -3.92. The Labute approximate surface area is 162 Å². The third-order valence-electron chi connectivity index (χ3n) is 5.05. The van der Waals surface area contributed by atoms with Crippen LogP contribution in [0.2, 0.25) is 0 Å². The number of anilines is 1. The third-order valence-corrected chi connectivity index (χ3v) is 6.80. The molecule has 0 radical (unpaired) electrons. The number of benzene rings is 2. The van der Waals surface area contributed by atoms with Gasteiger partial charge in [0.15, 0.2) is 0 Å². The lowest BCUT2D eigenvalue weighted by atomic mass is 10.0. The molecule has 1 aromatic heterocycles. The van der Waals surface area contributed by atoms with Crippen molar-refractivity contribution < 1.29 is 17.2 Å². The van der Waals surface area contributed by atoms with Crippen LogP contribution in [0.3, 0.4) is 0 Å². The van der Waals surface area contributed by atoms with Gasteiger partial charge in [-0.3, -0.25) is 0 Å². The van der Waals surface area contributed by atoms with Crippen molar-refractivity contribution in [2.24, 2.45) is 0 Å². The number of hydrogen-bond donors (Lipinski definition) is 0. The van der Waals surface area contributed by atoms with Gasteiger partial charge in [0.1, 0.15) is 17.5 Å². The summed E-state index contributed by atoms with van der Waals surface area (Å²) in [6.45, 7) is 2.24. The first-order chi connectivity index (χ1) is 13.4. The van der Waals surface area contributed by atoms with Gasteiger partial charge in [0.05, 0.1) is 17.1 Å². The summed E-state index contributed by atoms with van der Waals surface area (Å²) in [5.74, 6) is -0.690. The number of aromatic nitrogens is 2. The monoisotopic (exact) mass is 403 g/mol. The summed E-state index contributed by atoms with van der Waals surface area (Å²) in [6, 6.07) is 11.2. The summed E-state index contributed by atoms with van der Waals surface area (Å²) in [5, 5.41) is 4.04. The molecule has 5 nitrogen and oxygen atoms in total. The van der Waals surface area contributed by atoms with E-state index in [9.17, 15) is 17.2 Å². The van der Waals surface area contributed by atoms with Crippen LogP contribution in [0.4, 0.5) is 14.6 Å². The van der Waals surface area contributed by atoms with Gasteiger partial charge in [-0.2, -0.15) is 13.5 Å². The molecule has 2 aromatic carbocycles. The van der Waals surface area contributed by atoms with E-state index < -0.39 is 27.7 Å². The molecular formula is C20H19F2N3O2S. The van der Waals surface area contributed by atoms with Crippen LogP contribution in [0.1, 0.15) is 30.0 Å². The normalized spacial score (nSPS) is 17.2. The smallest absolute Gasteiger partial charge is 0.285 e. The van der Waals surface area contributed by atoms with Gasteiger partial charge in [-0.15, -0.1) is 4.09 Å². The fraction of sp³-hybridized carbons (Fsp3) is 0.250. The summed E-state index contributed by atoms with van der Waals surface area (Å²) in [7, 11) is -3.92. The number of hydrogen-bond acceptors (Lipinski definition) is 4. The largest absolute Gasteiger partial charge is 0.349 e. The SMILES string of the molecule is Cc1ccccc1S(=O)(=O)n1nccc1N1CCC[C@@H]1c1cc(F)ccc1F. The molecule has 28 heavy (non-hydrogen) atoms. The second kappa shape index (κ2) is 7.01. The van der Waals surface area contributed by atoms with Crippen LogP contribution >= 0.6 is 0 Å². The molecule has 0 bridgehead atoms. The fourth-order valence-corrected chi connectivity index (χ4v) is 5.25. The van der Waals surface area contributed by atoms with E-state index in [1.165, 1.54) is 18.3 Å². The van der Waals surface area contributed by atoms with Crippen LogP contribution in [-0.4, -0.2) is 24.1 Å². The third kappa shape index (κ3) is 3.07. The average Bonchev–Trinajstić information content (AvgIpc) is 3.32. The average molecular weight is 403 g/mol. The molecule has 1 saturated heterocycles. The Hall–Kier alpha value is -2.74. The van der Waals surface area contributed by atoms with Gasteiger partial charge in [0.25, 0.3) is 10.0 Å². The van der Waals surface area contributed by atoms with Gasteiger partial charge in [0.2, 0.25) is 0 Å². The quantitative estimate of drug-likeness (QED) is 0.660. The summed E-state index contributed by atoms with van der Waals surface area (Å²) in [4.78, 5) is 1.94. The Morgan fingerprint density at radius 2 is 1.89 bits per heavy atom. The molecule has 0 saturated carbocycles. The van der Waals surface area contributed by atoms with E-state index in [0.29, 0.717) is 24.3 Å². The first-order valence-corrected chi connectivity index (χ1v) is 10.4. The maximum atomic E-state index is 14.4. The Kier molecular flexibility index (Phi) is 4.66. The summed E-state index contributed by atoms with van der Waals surface area (Å²) in [5.41, 5.74) is 0.830. The van der Waals surface area contributed by atoms with Gasteiger partial charge in [0, 0.05) is 18.2 Å². The summed E-state index contributed by atoms with van der Waals surface area (Å²) < 4.78 is 55.4. The Morgan fingerprint density at radius 1 is 1.11 bits per heavy atom. The van der Waals surface area contributed by atoms with Crippen LogP contribution in [0.25, 0.3) is 0 Å². The van der Waals surface area contributed by atoms with Crippen molar-refractivity contribution in [2.45, 2.75) is 30.7 Å². The van der Waals surface area contributed by atoms with Crippen molar-refractivity contribution in [2.75, 3.05) is 11.4 Å². The molecular weight excluding hydrogens is 384 g/mol. The van der Waals surface area contributed by atoms with Gasteiger partial charge in [-0.05, 0) is 49.6 Å². The minimum absolute atomic E-state index is 0.160. The fourth-order valence-electron chi connectivity index (χ4n) is 3.75. The highest BCUT2D eigenvalue weighted by Crippen LogP contribution is 2.38. The molecule has 0 aliphatic carbocycles. The molecule has 0 amide bonds. The standard InChI is InChI=1S/C20H19F2N3O2S/c1-14-5-2-3-7-19(14)28(26,27)25-20(10-11-23-25)24-12-4-6-18(24)16-13-15(21)8-9-17(16)22/h2-3,5,7-11,13,18H,4,6,12H2,1H3/t18-/m1/s1. The molecule has 8 heteroatoms. The molecule has 146 valence electrons. The molecule has 1 fully saturated rings. The Bertz CT molecular complexity index is 1130. The lowest BCUT2D eigenvalue weighted by molar-refractivity contribution is 0.556. The van der Waals surface area contributed by atoms with E-state index in [2.05, 4.69) is 5.10 Å². The van der Waals surface area contributed by atoms with Crippen LogP contribution < -0.4 is 4.90 Å². The Morgan fingerprint density at radius 3 is 2.68 bits per heavy atom. The first-order valence-electron chi connectivity index (χ1n) is 8.96. The Balaban J connectivity index is 1.79. The van der Waals surface area contributed by atoms with Crippen LogP contribution in [0.15, 0.2) is 59.6 Å². The van der Waals surface area contributed by atoms with Crippen molar-refractivity contribution in [3.8, 4) is 0 Å². The lowest BCUT2D eigenvalue weighted by Gasteiger charge is -2.27.